The number of hydrogen-bond donors (Lipinski definition) is 0. The van der Waals surface area contributed by atoms with Crippen LogP contribution in [-0.4, -0.2) is 15.2 Å². The van der Waals surface area contributed by atoms with E-state index in [-0.39, 0.29) is 0 Å². The van der Waals surface area contributed by atoms with Crippen LogP contribution in [0.3, 0.4) is 0 Å². The van der Waals surface area contributed by atoms with Crippen LogP contribution in [0.5, 0.6) is 0 Å². The van der Waals surface area contributed by atoms with Crippen LogP contribution in [-0.2, 0) is 0 Å². The lowest BCUT2D eigenvalue weighted by atomic mass is 10.2. The molecule has 0 radical (unpaired) electrons. The molecular formula is C22H26Si2. The molecule has 0 fully saturated rings. The molecule has 0 aliphatic heterocycles. The highest BCUT2D eigenvalue weighted by Crippen LogP contribution is 2.20. The largest absolute Gasteiger partial charge is 0.112 e. The molecule has 3 rings (SSSR count). The molecule has 0 saturated heterocycles. The van der Waals surface area contributed by atoms with Gasteiger partial charge in [-0.05, 0) is 6.92 Å². The Morgan fingerprint density at radius 3 is 1.33 bits per heavy atom. The minimum atomic E-state index is -1.85. The van der Waals surface area contributed by atoms with Crippen LogP contribution in [0.1, 0.15) is 5.56 Å². The van der Waals surface area contributed by atoms with Gasteiger partial charge in [0.15, 0.2) is 0 Å². The molecule has 0 N–H and O–H groups in total. The van der Waals surface area contributed by atoms with Crippen molar-refractivity contribution in [1.29, 1.82) is 0 Å². The molecule has 0 nitrogen and oxygen atoms in total. The van der Waals surface area contributed by atoms with E-state index in [4.69, 9.17) is 0 Å². The van der Waals surface area contributed by atoms with E-state index >= 15 is 0 Å². The van der Waals surface area contributed by atoms with Crippen LogP contribution in [0.4, 0.5) is 0 Å². The Bertz CT molecular complexity index is 751. The molecular weight excluding hydrogens is 320 g/mol. The zero-order chi connectivity index (χ0) is 17.2. The molecule has 0 aliphatic carbocycles. The molecule has 24 heavy (non-hydrogen) atoms. The number of rotatable bonds is 4. The van der Waals surface area contributed by atoms with E-state index < -0.39 is 15.2 Å². The molecule has 0 heterocycles. The van der Waals surface area contributed by atoms with E-state index in [1.54, 1.807) is 15.6 Å². The highest BCUT2D eigenvalue weighted by atomic mass is 29.3. The number of aryl methyl sites for hydroxylation is 1. The van der Waals surface area contributed by atoms with Crippen molar-refractivity contribution in [2.45, 2.75) is 26.6 Å². The first kappa shape index (κ1) is 16.9. The molecule has 0 spiro atoms. The molecule has 0 unspecified atom stereocenters. The van der Waals surface area contributed by atoms with Crippen LogP contribution < -0.4 is 15.6 Å². The minimum Gasteiger partial charge on any atom is -0.0668 e. The molecule has 3 aromatic carbocycles. The zero-order valence-corrected chi connectivity index (χ0v) is 17.1. The third-order valence-electron chi connectivity index (χ3n) is 5.73. The van der Waals surface area contributed by atoms with E-state index in [2.05, 4.69) is 111 Å². The maximum absolute atomic E-state index is 2.57. The van der Waals surface area contributed by atoms with Crippen molar-refractivity contribution in [2.75, 3.05) is 0 Å². The summed E-state index contributed by atoms with van der Waals surface area (Å²) in [7, 11) is -3.55. The lowest BCUT2D eigenvalue weighted by Gasteiger charge is -2.42. The van der Waals surface area contributed by atoms with Gasteiger partial charge in [0, 0.05) is 0 Å². The first-order chi connectivity index (χ1) is 11.5. The third kappa shape index (κ3) is 2.81. The Hall–Kier alpha value is -1.91. The first-order valence-electron chi connectivity index (χ1n) is 8.64. The second-order valence-electron chi connectivity index (χ2n) is 7.35. The van der Waals surface area contributed by atoms with E-state index in [9.17, 15) is 0 Å². The molecule has 2 heteroatoms. The van der Waals surface area contributed by atoms with Gasteiger partial charge in [0.1, 0.15) is 7.59 Å². The summed E-state index contributed by atoms with van der Waals surface area (Å²) in [5, 5.41) is 4.66. The Morgan fingerprint density at radius 1 is 0.500 bits per heavy atom. The van der Waals surface area contributed by atoms with Gasteiger partial charge in [0.25, 0.3) is 0 Å². The molecule has 0 bridgehead atoms. The maximum atomic E-state index is 2.57. The van der Waals surface area contributed by atoms with Crippen LogP contribution in [0.15, 0.2) is 84.9 Å². The summed E-state index contributed by atoms with van der Waals surface area (Å²) in [6, 6.07) is 31.7. The van der Waals surface area contributed by atoms with Crippen molar-refractivity contribution in [2.24, 2.45) is 0 Å². The fourth-order valence-electron chi connectivity index (χ4n) is 3.69. The van der Waals surface area contributed by atoms with E-state index in [1.165, 1.54) is 5.56 Å². The van der Waals surface area contributed by atoms with Crippen LogP contribution in [0.2, 0.25) is 19.6 Å². The minimum absolute atomic E-state index is 1.34. The predicted molar refractivity (Wildman–Crippen MR) is 112 cm³/mol. The van der Waals surface area contributed by atoms with Crippen molar-refractivity contribution in [3.8, 4) is 0 Å². The summed E-state index contributed by atoms with van der Waals surface area (Å²) in [5.41, 5.74) is 1.34. The van der Waals surface area contributed by atoms with Gasteiger partial charge in [0.2, 0.25) is 0 Å². The molecule has 0 aliphatic rings. The van der Waals surface area contributed by atoms with Crippen LogP contribution in [0, 0.1) is 6.92 Å². The lowest BCUT2D eigenvalue weighted by Crippen LogP contribution is -2.76. The molecule has 122 valence electrons. The summed E-state index contributed by atoms with van der Waals surface area (Å²) >= 11 is 0. The Morgan fingerprint density at radius 2 is 0.917 bits per heavy atom. The van der Waals surface area contributed by atoms with Gasteiger partial charge in [0.05, 0.1) is 7.59 Å². The fraction of sp³-hybridized carbons (Fsp3) is 0.182. The molecule has 0 saturated carbocycles. The highest BCUT2D eigenvalue weighted by molar-refractivity contribution is 7.54. The van der Waals surface area contributed by atoms with Gasteiger partial charge in [-0.25, -0.2) is 0 Å². The summed E-state index contributed by atoms with van der Waals surface area (Å²) < 4.78 is 0. The Balaban J connectivity index is 2.23. The normalized spacial score (nSPS) is 12.2. The highest BCUT2D eigenvalue weighted by Gasteiger charge is 2.48. The van der Waals surface area contributed by atoms with Crippen molar-refractivity contribution < 1.29 is 0 Å². The number of benzene rings is 3. The SMILES string of the molecule is Cc1ccc([Si](C)(C)[Si](C)(c2ccccc2)c2ccccc2)cc1. The summed E-state index contributed by atoms with van der Waals surface area (Å²) in [6.45, 7) is 9.86. The lowest BCUT2D eigenvalue weighted by molar-refractivity contribution is 1.48. The molecule has 0 aromatic heterocycles. The van der Waals surface area contributed by atoms with Crippen molar-refractivity contribution in [3.05, 3.63) is 90.5 Å². The van der Waals surface area contributed by atoms with Gasteiger partial charge in [-0.3, -0.25) is 0 Å². The van der Waals surface area contributed by atoms with Gasteiger partial charge >= 0.3 is 0 Å². The average molecular weight is 347 g/mol. The summed E-state index contributed by atoms with van der Waals surface area (Å²) in [6.07, 6.45) is 0. The van der Waals surface area contributed by atoms with Gasteiger partial charge < -0.3 is 0 Å². The average Bonchev–Trinajstić information content (AvgIpc) is 2.62. The van der Waals surface area contributed by atoms with Crippen molar-refractivity contribution >= 4 is 30.7 Å². The Labute approximate surface area is 148 Å². The van der Waals surface area contributed by atoms with Crippen molar-refractivity contribution in [3.63, 3.8) is 0 Å². The Kier molecular flexibility index (Phi) is 4.61. The second kappa shape index (κ2) is 6.54. The quantitative estimate of drug-likeness (QED) is 0.629. The summed E-state index contributed by atoms with van der Waals surface area (Å²) in [4.78, 5) is 0. The van der Waals surface area contributed by atoms with Crippen LogP contribution in [0.25, 0.3) is 0 Å². The summed E-state index contributed by atoms with van der Waals surface area (Å²) in [5.74, 6) is 0. The second-order valence-corrected chi connectivity index (χ2v) is 21.3. The van der Waals surface area contributed by atoms with Gasteiger partial charge in [-0.15, -0.1) is 0 Å². The van der Waals surface area contributed by atoms with Crippen molar-refractivity contribution in [1.82, 2.24) is 0 Å². The van der Waals surface area contributed by atoms with Gasteiger partial charge in [-0.2, -0.15) is 0 Å². The zero-order valence-electron chi connectivity index (χ0n) is 15.1. The fourth-order valence-corrected chi connectivity index (χ4v) is 16.3. The van der Waals surface area contributed by atoms with E-state index in [1.807, 2.05) is 0 Å². The van der Waals surface area contributed by atoms with Crippen LogP contribution >= 0.6 is 0 Å². The van der Waals surface area contributed by atoms with E-state index in [0.29, 0.717) is 0 Å². The number of hydrogen-bond acceptors (Lipinski definition) is 0. The standard InChI is InChI=1S/C22H26Si2/c1-19-15-17-20(18-16-19)23(2,3)24(4,21-11-7-5-8-12-21)22-13-9-6-10-14-22/h5-18H,1-4H3. The third-order valence-corrected chi connectivity index (χ3v) is 23.1. The van der Waals surface area contributed by atoms with Gasteiger partial charge in [-0.1, -0.05) is 126 Å². The van der Waals surface area contributed by atoms with E-state index in [0.717, 1.165) is 0 Å². The smallest absolute Gasteiger partial charge is 0.0668 e. The molecule has 0 atom stereocenters. The monoisotopic (exact) mass is 346 g/mol. The molecule has 0 amide bonds. The first-order valence-corrected chi connectivity index (χ1v) is 15.1. The maximum Gasteiger partial charge on any atom is 0.112 e. The molecule has 3 aromatic rings. The topological polar surface area (TPSA) is 0 Å². The predicted octanol–water partition coefficient (Wildman–Crippen LogP) is 3.88.